The summed E-state index contributed by atoms with van der Waals surface area (Å²) in [5.74, 6) is -4.33. The predicted octanol–water partition coefficient (Wildman–Crippen LogP) is -6.44. The van der Waals surface area contributed by atoms with Crippen LogP contribution in [0.1, 0.15) is 0 Å². The minimum Gasteiger partial charge on any atom is -0.394 e. The molecule has 24 heavy (non-hydrogen) atoms. The van der Waals surface area contributed by atoms with Crippen molar-refractivity contribution in [1.29, 1.82) is 0 Å². The van der Waals surface area contributed by atoms with E-state index < -0.39 is 68.0 Å². The van der Waals surface area contributed by atoms with Crippen LogP contribution in [0.15, 0.2) is 0 Å². The Bertz CT molecular complexity index is 392. The molecule has 0 aliphatic carbocycles. The van der Waals surface area contributed by atoms with E-state index >= 15 is 0 Å². The van der Waals surface area contributed by atoms with E-state index in [2.05, 4.69) is 9.47 Å². The normalized spacial score (nSPS) is 48.8. The molecule has 0 unspecified atom stereocenters. The zero-order chi connectivity index (χ0) is 18.7. The zero-order valence-electron chi connectivity index (χ0n) is 12.6. The molecule has 0 radical (unpaired) electrons. The lowest BCUT2D eigenvalue weighted by Gasteiger charge is -2.40. The van der Waals surface area contributed by atoms with Gasteiger partial charge in [0.05, 0.1) is 26.4 Å². The van der Waals surface area contributed by atoms with Crippen molar-refractivity contribution in [1.82, 2.24) is 0 Å². The van der Waals surface area contributed by atoms with Crippen LogP contribution in [0.5, 0.6) is 0 Å². The predicted molar refractivity (Wildman–Crippen MR) is 72.0 cm³/mol. The van der Waals surface area contributed by atoms with E-state index in [1.54, 1.807) is 0 Å². The topological polar surface area (TPSA) is 221 Å². The van der Waals surface area contributed by atoms with Crippen LogP contribution in [0.3, 0.4) is 0 Å². The molecule has 0 saturated carbocycles. The van der Waals surface area contributed by atoms with Gasteiger partial charge in [0.25, 0.3) is 0 Å². The second-order valence-corrected chi connectivity index (χ2v) is 5.59. The van der Waals surface area contributed by atoms with E-state index in [0.29, 0.717) is 0 Å². The Kier molecular flexibility index (Phi) is 7.43. The van der Waals surface area contributed by atoms with Crippen molar-refractivity contribution in [3.63, 3.8) is 0 Å². The van der Waals surface area contributed by atoms with Gasteiger partial charge in [-0.15, -0.1) is 0 Å². The molecular weight excluding hydrogens is 336 g/mol. The second-order valence-electron chi connectivity index (χ2n) is 5.59. The van der Waals surface area contributed by atoms with Crippen molar-refractivity contribution < 1.29 is 60.5 Å². The Balaban J connectivity index is 0.000000240. The van der Waals surface area contributed by atoms with Gasteiger partial charge in [-0.1, -0.05) is 0 Å². The SMILES string of the molecule is OC[C@@H]1O[C@](O)(CO)[C@@H](O)[C@@H]1O.OC[C@]1(O)OC[C@H](O)[C@@H](O)[C@@H]1O. The van der Waals surface area contributed by atoms with Crippen LogP contribution in [0, 0.1) is 0 Å². The number of aliphatic hydroxyl groups excluding tert-OH is 8. The third-order valence-electron chi connectivity index (χ3n) is 3.84. The summed E-state index contributed by atoms with van der Waals surface area (Å²) in [4.78, 5) is 0. The summed E-state index contributed by atoms with van der Waals surface area (Å²) in [5.41, 5.74) is 0. The summed E-state index contributed by atoms with van der Waals surface area (Å²) in [7, 11) is 0. The van der Waals surface area contributed by atoms with Crippen LogP contribution < -0.4 is 0 Å². The van der Waals surface area contributed by atoms with Crippen molar-refractivity contribution in [2.45, 2.75) is 48.2 Å². The maximum Gasteiger partial charge on any atom is 0.219 e. The van der Waals surface area contributed by atoms with Crippen molar-refractivity contribution in [3.8, 4) is 0 Å². The molecule has 12 nitrogen and oxygen atoms in total. The van der Waals surface area contributed by atoms with Gasteiger partial charge in [-0.25, -0.2) is 0 Å². The van der Waals surface area contributed by atoms with E-state index in [1.165, 1.54) is 0 Å². The quantitative estimate of drug-likeness (QED) is 0.227. The molecule has 2 rings (SSSR count). The standard InChI is InChI=1S/2C6H12O6/c7-2-6(11)5(10)4(9)3(8)1-12-6;7-1-3-4(9)5(10)6(11,2-8)12-3/h2*3-5,7-11H,1-2H2/t3-,4+,5-,6-;3-,4+,5-,6+/m00/s1. The molecule has 2 saturated heterocycles. The van der Waals surface area contributed by atoms with Crippen LogP contribution in [0.4, 0.5) is 0 Å². The van der Waals surface area contributed by atoms with Gasteiger partial charge in [0.2, 0.25) is 11.6 Å². The maximum atomic E-state index is 9.25. The van der Waals surface area contributed by atoms with Gasteiger partial charge >= 0.3 is 0 Å². The van der Waals surface area contributed by atoms with Crippen molar-refractivity contribution in [2.24, 2.45) is 0 Å². The molecule has 144 valence electrons. The summed E-state index contributed by atoms with van der Waals surface area (Å²) >= 11 is 0. The van der Waals surface area contributed by atoms with Crippen molar-refractivity contribution >= 4 is 0 Å². The first kappa shape index (κ1) is 21.6. The third-order valence-corrected chi connectivity index (χ3v) is 3.84. The van der Waals surface area contributed by atoms with Crippen LogP contribution >= 0.6 is 0 Å². The lowest BCUT2D eigenvalue weighted by molar-refractivity contribution is -0.331. The maximum absolute atomic E-state index is 9.25. The lowest BCUT2D eigenvalue weighted by atomic mass is 9.98. The largest absolute Gasteiger partial charge is 0.394 e. The van der Waals surface area contributed by atoms with Crippen LogP contribution in [0.2, 0.25) is 0 Å². The molecule has 2 fully saturated rings. The van der Waals surface area contributed by atoms with Gasteiger partial charge in [0, 0.05) is 0 Å². The molecule has 0 aromatic carbocycles. The van der Waals surface area contributed by atoms with Crippen molar-refractivity contribution in [3.05, 3.63) is 0 Å². The first-order chi connectivity index (χ1) is 11.1. The van der Waals surface area contributed by atoms with Crippen molar-refractivity contribution in [2.75, 3.05) is 26.4 Å². The summed E-state index contributed by atoms with van der Waals surface area (Å²) < 4.78 is 9.18. The van der Waals surface area contributed by atoms with E-state index in [1.807, 2.05) is 0 Å². The van der Waals surface area contributed by atoms with E-state index in [9.17, 15) is 10.2 Å². The van der Waals surface area contributed by atoms with E-state index in [4.69, 9.17) is 40.9 Å². The zero-order valence-corrected chi connectivity index (χ0v) is 12.6. The molecule has 12 heteroatoms. The summed E-state index contributed by atoms with van der Waals surface area (Å²) in [6.07, 6.45) is -8.49. The summed E-state index contributed by atoms with van der Waals surface area (Å²) in [6, 6.07) is 0. The smallest absolute Gasteiger partial charge is 0.219 e. The van der Waals surface area contributed by atoms with E-state index in [0.717, 1.165) is 0 Å². The molecule has 0 spiro atoms. The molecule has 2 aliphatic heterocycles. The molecule has 0 bridgehead atoms. The average molecular weight is 360 g/mol. The molecule has 8 atom stereocenters. The first-order valence-corrected chi connectivity index (χ1v) is 7.05. The average Bonchev–Trinajstić information content (AvgIpc) is 2.81. The molecule has 2 heterocycles. The number of ether oxygens (including phenoxy) is 2. The fourth-order valence-electron chi connectivity index (χ4n) is 2.18. The Labute approximate surface area is 136 Å². The van der Waals surface area contributed by atoms with E-state index in [-0.39, 0.29) is 6.61 Å². The molecule has 2 aliphatic rings. The second kappa shape index (κ2) is 8.27. The minimum absolute atomic E-state index is 0.324. The Morgan fingerprint density at radius 2 is 1.29 bits per heavy atom. The number of aliphatic hydroxyl groups is 10. The highest BCUT2D eigenvalue weighted by molar-refractivity contribution is 4.94. The van der Waals surface area contributed by atoms with Gasteiger partial charge in [0.15, 0.2) is 0 Å². The van der Waals surface area contributed by atoms with Gasteiger partial charge in [-0.2, -0.15) is 0 Å². The monoisotopic (exact) mass is 360 g/mol. The lowest BCUT2D eigenvalue weighted by Crippen LogP contribution is -2.62. The fourth-order valence-corrected chi connectivity index (χ4v) is 2.18. The van der Waals surface area contributed by atoms with Crippen LogP contribution in [0.25, 0.3) is 0 Å². The van der Waals surface area contributed by atoms with Gasteiger partial charge in [-0.05, 0) is 0 Å². The Morgan fingerprint density at radius 3 is 1.67 bits per heavy atom. The van der Waals surface area contributed by atoms with Gasteiger partial charge in [-0.3, -0.25) is 0 Å². The van der Waals surface area contributed by atoms with Gasteiger partial charge < -0.3 is 60.5 Å². The highest BCUT2D eigenvalue weighted by Crippen LogP contribution is 2.28. The van der Waals surface area contributed by atoms with Gasteiger partial charge in [0.1, 0.15) is 36.6 Å². The Hall–Kier alpha value is -0.480. The van der Waals surface area contributed by atoms with Crippen LogP contribution in [-0.4, -0.2) is 126 Å². The Morgan fingerprint density at radius 1 is 0.792 bits per heavy atom. The minimum atomic E-state index is -2.17. The highest BCUT2D eigenvalue weighted by atomic mass is 16.7. The molecular formula is C12H24O12. The first-order valence-electron chi connectivity index (χ1n) is 7.05. The molecule has 0 aromatic rings. The highest BCUT2D eigenvalue weighted by Gasteiger charge is 2.52. The third kappa shape index (κ3) is 4.19. The molecule has 0 amide bonds. The summed E-state index contributed by atoms with van der Waals surface area (Å²) in [5, 5.41) is 89.7. The molecule has 10 N–H and O–H groups in total. The number of rotatable bonds is 3. The molecule has 0 aromatic heterocycles. The fraction of sp³-hybridized carbons (Fsp3) is 1.00. The summed E-state index contributed by atoms with van der Waals surface area (Å²) in [6.45, 7) is -2.52. The number of hydrogen-bond acceptors (Lipinski definition) is 12. The number of hydrogen-bond donors (Lipinski definition) is 10. The van der Waals surface area contributed by atoms with Crippen LogP contribution in [-0.2, 0) is 9.47 Å².